The Bertz CT molecular complexity index is 4210. The predicted molar refractivity (Wildman–Crippen MR) is 388 cm³/mol. The van der Waals surface area contributed by atoms with Gasteiger partial charge in [0, 0.05) is 104 Å². The van der Waals surface area contributed by atoms with Crippen LogP contribution in [0.15, 0.2) is 171 Å². The quantitative estimate of drug-likeness (QED) is 0.122. The van der Waals surface area contributed by atoms with Crippen molar-refractivity contribution in [2.75, 3.05) is 0 Å². The van der Waals surface area contributed by atoms with E-state index in [1.807, 2.05) is 144 Å². The van der Waals surface area contributed by atoms with Crippen LogP contribution in [0.5, 0.6) is 0 Å². The zero-order valence-corrected chi connectivity index (χ0v) is 59.1. The minimum atomic E-state index is -2.10. The summed E-state index contributed by atoms with van der Waals surface area (Å²) in [7, 11) is 9.93. The van der Waals surface area contributed by atoms with Crippen molar-refractivity contribution in [2.24, 2.45) is 35.2 Å². The lowest BCUT2D eigenvalue weighted by Crippen LogP contribution is -2.32. The normalized spacial score (nSPS) is 13.9. The molecule has 0 radical (unpaired) electrons. The van der Waals surface area contributed by atoms with Crippen LogP contribution in [0.1, 0.15) is 198 Å². The number of aryl methyl sites for hydroxylation is 18. The summed E-state index contributed by atoms with van der Waals surface area (Å²) in [5.74, 6) is -0.141. The van der Waals surface area contributed by atoms with E-state index in [4.69, 9.17) is 17.8 Å². The first kappa shape index (κ1) is 54.6. The summed E-state index contributed by atoms with van der Waals surface area (Å²) in [6.07, 6.45) is 8.51. The molecule has 476 valence electrons. The topological polar surface area (TPSA) is 19.4 Å². The second-order valence-corrected chi connectivity index (χ2v) is 25.8. The first-order chi connectivity index (χ1) is 47.8. The lowest BCUT2D eigenvalue weighted by Gasteiger charge is -2.12. The Morgan fingerprint density at radius 2 is 0.681 bits per heavy atom. The zero-order chi connectivity index (χ0) is 78.4. The Kier molecular flexibility index (Phi) is 19.3. The summed E-state index contributed by atoms with van der Waals surface area (Å²) in [5.41, 5.74) is 28.5. The van der Waals surface area contributed by atoms with E-state index in [0.717, 1.165) is 61.6 Å². The van der Waals surface area contributed by atoms with E-state index >= 15 is 0 Å². The molecule has 0 aliphatic carbocycles. The summed E-state index contributed by atoms with van der Waals surface area (Å²) in [6.45, 7) is 30.6. The molecule has 5 heteroatoms. The van der Waals surface area contributed by atoms with Crippen molar-refractivity contribution in [1.29, 1.82) is 0 Å². The van der Waals surface area contributed by atoms with Gasteiger partial charge in [0.05, 0.1) is 0 Å². The van der Waals surface area contributed by atoms with Crippen molar-refractivity contribution in [3.05, 3.63) is 265 Å². The lowest BCUT2D eigenvalue weighted by molar-refractivity contribution is -0.661. The molecule has 5 aromatic carbocycles. The third-order valence-electron chi connectivity index (χ3n) is 16.9. The number of hydrogen-bond acceptors (Lipinski definition) is 0. The Balaban J connectivity index is 0.000000204. The van der Waals surface area contributed by atoms with Gasteiger partial charge in [-0.05, 0) is 206 Å². The molecule has 0 fully saturated rings. The molecule has 0 atom stereocenters. The molecule has 5 heterocycles. The van der Waals surface area contributed by atoms with Crippen LogP contribution < -0.4 is 22.8 Å². The van der Waals surface area contributed by atoms with Gasteiger partial charge in [0.1, 0.15) is 35.2 Å². The SMILES string of the molecule is Cc1ccc(-c2cc(C(C)C)c(C)c[n+]2C)c(C)c1.Cc1ccc(-c2cc(C)c(C(C)C)c[n+]2C)c(C)c1.[2H]C([2H])([2H])c1ccc(-c2ccc(C([2H])(C)C)c[n+]2C)c(C)c1.[2H]C([2H])([2H])c1ccc(-c2ccc(C([2H])(C)C)cc2C)[n+](C)c1.[2H]C([2H])([2H])c1ccc(-c2ccc(C([2H])([2H])C)c[n+]2C)c(C)c1. The Morgan fingerprint density at radius 3 is 1.10 bits per heavy atom. The third kappa shape index (κ3) is 19.0. The summed E-state index contributed by atoms with van der Waals surface area (Å²) in [5, 5.41) is 0. The minimum Gasteiger partial charge on any atom is -0.201 e. The highest BCUT2D eigenvalue weighted by Gasteiger charge is 2.21. The first-order valence-electron chi connectivity index (χ1n) is 38.3. The fraction of sp³-hybridized carbons (Fsp3) is 0.360. The maximum atomic E-state index is 8.12. The van der Waals surface area contributed by atoms with Crippen molar-refractivity contribution >= 4 is 0 Å². The maximum Gasteiger partial charge on any atom is 0.212 e. The molecule has 91 heavy (non-hydrogen) atoms. The second kappa shape index (κ2) is 32.2. The molecule has 0 bridgehead atoms. The average Bonchev–Trinajstić information content (AvgIpc) is 0.805. The molecule has 5 nitrogen and oxygen atoms in total. The fourth-order valence-corrected chi connectivity index (χ4v) is 11.8. The molecular weight excluding hydrogens is 1100 g/mol. The summed E-state index contributed by atoms with van der Waals surface area (Å²) in [6, 6.07) is 45.5. The van der Waals surface area contributed by atoms with Crippen LogP contribution in [0.3, 0.4) is 0 Å². The van der Waals surface area contributed by atoms with Crippen molar-refractivity contribution < 1.29 is 40.7 Å². The largest absolute Gasteiger partial charge is 0.212 e. The second-order valence-electron chi connectivity index (χ2n) is 25.8. The zero-order valence-electron chi connectivity index (χ0n) is 72.1. The number of aromatic nitrogens is 5. The van der Waals surface area contributed by atoms with Crippen molar-refractivity contribution in [1.82, 2.24) is 0 Å². The van der Waals surface area contributed by atoms with Crippen molar-refractivity contribution in [2.45, 2.75) is 175 Å². The van der Waals surface area contributed by atoms with Crippen LogP contribution in [0.2, 0.25) is 0 Å². The van der Waals surface area contributed by atoms with Gasteiger partial charge in [-0.15, -0.1) is 0 Å². The van der Waals surface area contributed by atoms with Gasteiger partial charge in [0.2, 0.25) is 28.5 Å². The van der Waals surface area contributed by atoms with Gasteiger partial charge in [0.15, 0.2) is 31.0 Å². The first-order valence-corrected chi connectivity index (χ1v) is 31.8. The van der Waals surface area contributed by atoms with Crippen LogP contribution in [0.25, 0.3) is 56.3 Å². The number of nitrogens with zero attached hydrogens (tertiary/aromatic N) is 5. The Hall–Kier alpha value is -8.15. The van der Waals surface area contributed by atoms with Gasteiger partial charge in [-0.1, -0.05) is 145 Å². The van der Waals surface area contributed by atoms with Gasteiger partial charge in [-0.2, -0.15) is 0 Å². The van der Waals surface area contributed by atoms with E-state index in [-0.39, 0.29) is 0 Å². The predicted octanol–water partition coefficient (Wildman–Crippen LogP) is 19.6. The van der Waals surface area contributed by atoms with Crippen LogP contribution in [-0.4, -0.2) is 0 Å². The van der Waals surface area contributed by atoms with Crippen LogP contribution >= 0.6 is 0 Å². The summed E-state index contributed by atoms with van der Waals surface area (Å²) in [4.78, 5) is 0. The molecule has 5 aromatic heterocycles. The highest BCUT2D eigenvalue weighted by atomic mass is 14.9. The van der Waals surface area contributed by atoms with Crippen LogP contribution in [-0.2, 0) is 41.6 Å². The maximum absolute atomic E-state index is 8.12. The number of rotatable bonds is 10. The molecule has 0 aliphatic rings. The summed E-state index contributed by atoms with van der Waals surface area (Å²) >= 11 is 0. The standard InChI is InChI=1S/2C18H24N.2C17H22N.C16H20N/c1-12(2)17-10-18(19(6)11-15(17)5)16-8-7-13(3)9-14(16)4;1-12(2)17-11-19(6)18(10-15(17)5)16-8-7-13(3)9-14(16)4;1-12(2)15-7-8-16(14(4)10-15)17-9-6-13(3)11-18(17)5;1-12(2)15-7-9-17(18(5)11-15)16-8-6-13(3)10-14(16)4;1-5-14-7-9-16(17(4)11-14)15-8-6-12(2)10-13(15)3/h2*7-12H,1-6H3;2*6-12H,1-5H3;6-11H,5H2,1-4H3/q5*+1/i;;2*3D3,12D;2D3,5D2. The molecule has 0 unspecified atom stereocenters. The highest BCUT2D eigenvalue weighted by molar-refractivity contribution is 5.66. The monoisotopic (exact) mass is 1230 g/mol. The molecule has 0 N–H and O–H groups in total. The molecular formula is C86H112N5+5. The minimum absolute atomic E-state index is 0.331. The summed E-state index contributed by atoms with van der Waals surface area (Å²) < 4.78 is 109. The van der Waals surface area contributed by atoms with Gasteiger partial charge >= 0.3 is 0 Å². The number of pyridine rings is 5. The Labute approximate surface area is 570 Å². The molecule has 0 saturated heterocycles. The number of benzene rings is 5. The van der Waals surface area contributed by atoms with E-state index < -0.39 is 38.7 Å². The molecule has 10 rings (SSSR count). The molecule has 0 spiro atoms. The van der Waals surface area contributed by atoms with E-state index in [1.165, 1.54) is 73.9 Å². The third-order valence-corrected chi connectivity index (χ3v) is 16.9. The van der Waals surface area contributed by atoms with Crippen LogP contribution in [0.4, 0.5) is 0 Å². The van der Waals surface area contributed by atoms with Gasteiger partial charge in [-0.25, -0.2) is 22.8 Å². The Morgan fingerprint density at radius 1 is 0.319 bits per heavy atom. The van der Waals surface area contributed by atoms with Gasteiger partial charge in [0.25, 0.3) is 0 Å². The smallest absolute Gasteiger partial charge is 0.201 e. The molecule has 0 amide bonds. The van der Waals surface area contributed by atoms with E-state index in [1.54, 1.807) is 48.8 Å². The lowest BCUT2D eigenvalue weighted by atomic mass is 9.95. The van der Waals surface area contributed by atoms with E-state index in [0.29, 0.717) is 34.1 Å². The van der Waals surface area contributed by atoms with Crippen LogP contribution in [0, 0.1) is 82.9 Å². The van der Waals surface area contributed by atoms with Crippen molar-refractivity contribution in [3.8, 4) is 56.3 Å². The van der Waals surface area contributed by atoms with E-state index in [2.05, 4.69) is 153 Å². The molecule has 0 saturated carbocycles. The molecule has 0 aliphatic heterocycles. The van der Waals surface area contributed by atoms with Crippen molar-refractivity contribution in [3.63, 3.8) is 0 Å². The highest BCUT2D eigenvalue weighted by Crippen LogP contribution is 2.30. The van der Waals surface area contributed by atoms with Gasteiger partial charge in [-0.3, -0.25) is 0 Å². The van der Waals surface area contributed by atoms with Gasteiger partial charge < -0.3 is 0 Å². The number of hydrogen-bond donors (Lipinski definition) is 0. The van der Waals surface area contributed by atoms with E-state index in [9.17, 15) is 0 Å². The average molecular weight is 1230 g/mol. The molecule has 10 aromatic rings. The fourth-order valence-electron chi connectivity index (χ4n) is 11.8.